The predicted octanol–water partition coefficient (Wildman–Crippen LogP) is 1.31. The molecule has 11 heteroatoms. The molecule has 146 valence electrons. The van der Waals surface area contributed by atoms with Crippen molar-refractivity contribution in [3.8, 4) is 0 Å². The highest BCUT2D eigenvalue weighted by Crippen LogP contribution is 2.21. The summed E-state index contributed by atoms with van der Waals surface area (Å²) in [4.78, 5) is 48.0. The Kier molecular flexibility index (Phi) is 5.72. The van der Waals surface area contributed by atoms with Crippen molar-refractivity contribution in [3.63, 3.8) is 0 Å². The molecule has 0 saturated carbocycles. The average Bonchev–Trinajstić information content (AvgIpc) is 2.84. The maximum Gasteiger partial charge on any atom is 0.326 e. The molecule has 0 spiro atoms. The highest BCUT2D eigenvalue weighted by Gasteiger charge is 2.47. The van der Waals surface area contributed by atoms with Gasteiger partial charge in [0.15, 0.2) is 24.1 Å². The van der Waals surface area contributed by atoms with E-state index in [1.54, 1.807) is 6.92 Å². The van der Waals surface area contributed by atoms with Crippen molar-refractivity contribution in [3.05, 3.63) is 29.6 Å². The lowest BCUT2D eigenvalue weighted by molar-refractivity contribution is -0.150. The molecule has 2 N–H and O–H groups in total. The van der Waals surface area contributed by atoms with Crippen LogP contribution in [0, 0.1) is 17.5 Å². The van der Waals surface area contributed by atoms with Gasteiger partial charge in [0.1, 0.15) is 12.1 Å². The number of nitrogens with one attached hydrogen (secondary N) is 2. The number of rotatable bonds is 6. The van der Waals surface area contributed by atoms with Crippen LogP contribution in [0.5, 0.6) is 0 Å². The second-order valence-corrected chi connectivity index (χ2v) is 5.94. The molecule has 1 aliphatic heterocycles. The van der Waals surface area contributed by atoms with Gasteiger partial charge in [-0.25, -0.2) is 18.0 Å². The Morgan fingerprint density at radius 1 is 1.22 bits per heavy atom. The Morgan fingerprint density at radius 3 is 2.48 bits per heavy atom. The third kappa shape index (κ3) is 4.18. The van der Waals surface area contributed by atoms with E-state index in [-0.39, 0.29) is 0 Å². The number of hydrogen-bond acceptors (Lipinski definition) is 5. The fourth-order valence-electron chi connectivity index (χ4n) is 2.26. The Hall–Kier alpha value is -3.11. The largest absolute Gasteiger partial charge is 0.454 e. The second-order valence-electron chi connectivity index (χ2n) is 5.94. The minimum Gasteiger partial charge on any atom is -0.454 e. The number of nitrogens with zero attached hydrogens (tertiary/aromatic N) is 1. The van der Waals surface area contributed by atoms with Crippen LogP contribution < -0.4 is 10.6 Å². The van der Waals surface area contributed by atoms with Crippen LogP contribution in [-0.4, -0.2) is 47.4 Å². The number of urea groups is 1. The highest BCUT2D eigenvalue weighted by atomic mass is 19.2. The van der Waals surface area contributed by atoms with E-state index >= 15 is 0 Å². The summed E-state index contributed by atoms with van der Waals surface area (Å²) in [5, 5.41) is 4.35. The lowest BCUT2D eigenvalue weighted by Crippen LogP contribution is -2.43. The zero-order valence-corrected chi connectivity index (χ0v) is 14.4. The molecule has 8 nitrogen and oxygen atoms in total. The summed E-state index contributed by atoms with van der Waals surface area (Å²) in [5.41, 5.74) is -1.76. The molecule has 0 radical (unpaired) electrons. The van der Waals surface area contributed by atoms with Crippen molar-refractivity contribution < 1.29 is 37.1 Å². The Labute approximate surface area is 151 Å². The van der Waals surface area contributed by atoms with Crippen molar-refractivity contribution in [2.45, 2.75) is 25.8 Å². The molecule has 1 aromatic rings. The first-order valence-electron chi connectivity index (χ1n) is 7.82. The van der Waals surface area contributed by atoms with Gasteiger partial charge in [-0.3, -0.25) is 19.3 Å². The molecule has 0 aromatic heterocycles. The molecule has 0 bridgehead atoms. The Morgan fingerprint density at radius 2 is 1.89 bits per heavy atom. The van der Waals surface area contributed by atoms with Gasteiger partial charge < -0.3 is 15.4 Å². The molecule has 1 aliphatic rings. The SMILES string of the molecule is CC[C@]1(C)NC(=O)N(CC(=O)OCC(=O)Nc2ccc(F)c(F)c2F)C1=O. The molecule has 27 heavy (non-hydrogen) atoms. The third-order valence-corrected chi connectivity index (χ3v) is 4.01. The molecule has 0 unspecified atom stereocenters. The minimum absolute atomic E-state index is 0.311. The predicted molar refractivity (Wildman–Crippen MR) is 84.8 cm³/mol. The van der Waals surface area contributed by atoms with Crippen LogP contribution in [0.25, 0.3) is 0 Å². The van der Waals surface area contributed by atoms with Gasteiger partial charge in [0.05, 0.1) is 5.69 Å². The molecule has 1 saturated heterocycles. The number of halogens is 3. The van der Waals surface area contributed by atoms with Gasteiger partial charge in [0, 0.05) is 0 Å². The zero-order chi connectivity index (χ0) is 20.4. The van der Waals surface area contributed by atoms with E-state index < -0.39 is 65.6 Å². The number of carbonyl (C=O) groups excluding carboxylic acids is 4. The fraction of sp³-hybridized carbons (Fsp3) is 0.375. The van der Waals surface area contributed by atoms with Crippen LogP contribution in [-0.2, 0) is 19.1 Å². The summed E-state index contributed by atoms with van der Waals surface area (Å²) in [6, 6.07) is 0.642. The van der Waals surface area contributed by atoms with Crippen molar-refractivity contribution in [2.24, 2.45) is 0 Å². The van der Waals surface area contributed by atoms with Gasteiger partial charge in [-0.1, -0.05) is 6.92 Å². The molecule has 1 fully saturated rings. The lowest BCUT2D eigenvalue weighted by atomic mass is 9.99. The number of benzene rings is 1. The van der Waals surface area contributed by atoms with E-state index in [4.69, 9.17) is 0 Å². The second kappa shape index (κ2) is 7.64. The molecule has 1 atom stereocenters. The number of carbonyl (C=O) groups is 4. The first-order valence-corrected chi connectivity index (χ1v) is 7.82. The van der Waals surface area contributed by atoms with Crippen molar-refractivity contribution >= 4 is 29.5 Å². The summed E-state index contributed by atoms with van der Waals surface area (Å²) >= 11 is 0. The molecule has 1 heterocycles. The van der Waals surface area contributed by atoms with E-state index in [0.717, 1.165) is 6.07 Å². The van der Waals surface area contributed by atoms with E-state index in [9.17, 15) is 32.3 Å². The average molecular weight is 387 g/mol. The van der Waals surface area contributed by atoms with Crippen LogP contribution in [0.1, 0.15) is 20.3 Å². The summed E-state index contributed by atoms with van der Waals surface area (Å²) in [5.74, 6) is -7.48. The lowest BCUT2D eigenvalue weighted by Gasteiger charge is -2.18. The number of hydrogen-bond donors (Lipinski definition) is 2. The van der Waals surface area contributed by atoms with Crippen molar-refractivity contribution in [1.29, 1.82) is 0 Å². The number of amides is 4. The summed E-state index contributed by atoms with van der Waals surface area (Å²) < 4.78 is 44.0. The molecule has 1 aromatic carbocycles. The quantitative estimate of drug-likeness (QED) is 0.435. The first-order chi connectivity index (χ1) is 12.6. The Balaban J connectivity index is 1.89. The van der Waals surface area contributed by atoms with Gasteiger partial charge in [0.2, 0.25) is 0 Å². The number of ether oxygens (including phenoxy) is 1. The molecule has 4 amide bonds. The van der Waals surface area contributed by atoms with Crippen molar-refractivity contribution in [1.82, 2.24) is 10.2 Å². The van der Waals surface area contributed by atoms with Crippen LogP contribution in [0.3, 0.4) is 0 Å². The molecular weight excluding hydrogens is 371 g/mol. The Bertz CT molecular complexity index is 817. The topological polar surface area (TPSA) is 105 Å². The van der Waals surface area contributed by atoms with Gasteiger partial charge >= 0.3 is 12.0 Å². The van der Waals surface area contributed by atoms with Gasteiger partial charge in [0.25, 0.3) is 11.8 Å². The standard InChI is InChI=1S/C16H16F3N3O5/c1-3-16(2)14(25)22(15(26)21-16)6-11(24)27-7-10(23)20-9-5-4-8(17)12(18)13(9)19/h4-5H,3,6-7H2,1-2H3,(H,20,23)(H,21,26)/t16-/m0/s1. The summed E-state index contributed by atoms with van der Waals surface area (Å²) in [6.07, 6.45) is 0.311. The zero-order valence-electron chi connectivity index (χ0n) is 14.4. The van der Waals surface area contributed by atoms with Crippen LogP contribution in [0.4, 0.5) is 23.7 Å². The van der Waals surface area contributed by atoms with Crippen LogP contribution in [0.15, 0.2) is 12.1 Å². The van der Waals surface area contributed by atoms with Crippen molar-refractivity contribution in [2.75, 3.05) is 18.5 Å². The molecular formula is C16H16F3N3O5. The van der Waals surface area contributed by atoms with Gasteiger partial charge in [-0.05, 0) is 25.5 Å². The minimum atomic E-state index is -1.76. The van der Waals surface area contributed by atoms with E-state index in [0.29, 0.717) is 17.4 Å². The normalized spacial score (nSPS) is 19.1. The first kappa shape index (κ1) is 20.2. The van der Waals surface area contributed by atoms with Crippen LogP contribution >= 0.6 is 0 Å². The number of esters is 1. The maximum atomic E-state index is 13.5. The van der Waals surface area contributed by atoms with Gasteiger partial charge in [-0.2, -0.15) is 0 Å². The van der Waals surface area contributed by atoms with Gasteiger partial charge in [-0.15, -0.1) is 0 Å². The molecule has 2 rings (SSSR count). The summed E-state index contributed by atoms with van der Waals surface area (Å²) in [7, 11) is 0. The third-order valence-electron chi connectivity index (χ3n) is 4.01. The number of imide groups is 1. The maximum absolute atomic E-state index is 13.5. The smallest absolute Gasteiger partial charge is 0.326 e. The van der Waals surface area contributed by atoms with E-state index in [2.05, 4.69) is 10.1 Å². The van der Waals surface area contributed by atoms with E-state index in [1.165, 1.54) is 6.92 Å². The summed E-state index contributed by atoms with van der Waals surface area (Å²) in [6.45, 7) is 1.59. The monoisotopic (exact) mass is 387 g/mol. The highest BCUT2D eigenvalue weighted by molar-refractivity contribution is 6.08. The van der Waals surface area contributed by atoms with Crippen LogP contribution in [0.2, 0.25) is 0 Å². The van der Waals surface area contributed by atoms with E-state index in [1.807, 2.05) is 5.32 Å². The molecule has 0 aliphatic carbocycles. The fourth-order valence-corrected chi connectivity index (χ4v) is 2.26. The number of anilines is 1.